The van der Waals surface area contributed by atoms with Crippen molar-refractivity contribution in [1.29, 1.82) is 0 Å². The molecule has 0 radical (unpaired) electrons. The van der Waals surface area contributed by atoms with E-state index >= 15 is 0 Å². The molecule has 0 atom stereocenters. The number of hydrogen-bond donors (Lipinski definition) is 1. The molecule has 0 amide bonds. The van der Waals surface area contributed by atoms with Crippen LogP contribution in [0.25, 0.3) is 0 Å². The van der Waals surface area contributed by atoms with Crippen LogP contribution in [0.4, 0.5) is 11.4 Å². The molecule has 0 aliphatic heterocycles. The van der Waals surface area contributed by atoms with Gasteiger partial charge in [0.1, 0.15) is 0 Å². The molecular weight excluding hydrogens is 279 g/mol. The van der Waals surface area contributed by atoms with Crippen molar-refractivity contribution >= 4 is 34.6 Å². The lowest BCUT2D eigenvalue weighted by Crippen LogP contribution is -2.28. The Bertz CT molecular complexity index is 411. The number of aliphatic hydroxyl groups excluding tert-OH is 1. The maximum absolute atomic E-state index is 10.7. The van der Waals surface area contributed by atoms with Gasteiger partial charge in [-0.3, -0.25) is 10.1 Å². The van der Waals surface area contributed by atoms with Crippen LogP contribution in [0.15, 0.2) is 12.1 Å². The third-order valence-electron chi connectivity index (χ3n) is 2.39. The maximum atomic E-state index is 10.7. The highest BCUT2D eigenvalue weighted by molar-refractivity contribution is 6.39. The molecule has 0 saturated carbocycles. The van der Waals surface area contributed by atoms with E-state index in [0.29, 0.717) is 18.8 Å². The van der Waals surface area contributed by atoms with Crippen molar-refractivity contribution in [3.05, 3.63) is 32.3 Å². The highest BCUT2D eigenvalue weighted by Crippen LogP contribution is 2.37. The van der Waals surface area contributed by atoms with Crippen molar-refractivity contribution in [2.45, 2.75) is 13.3 Å². The number of hydrogen-bond acceptors (Lipinski definition) is 4. The second-order valence-corrected chi connectivity index (χ2v) is 4.54. The number of rotatable bonds is 6. The smallest absolute Gasteiger partial charge is 0.272 e. The van der Waals surface area contributed by atoms with Crippen LogP contribution in [0.3, 0.4) is 0 Å². The van der Waals surface area contributed by atoms with E-state index in [1.54, 1.807) is 0 Å². The van der Waals surface area contributed by atoms with Gasteiger partial charge in [-0.15, -0.1) is 0 Å². The predicted octanol–water partition coefficient (Wildman–Crippen LogP) is 3.11. The van der Waals surface area contributed by atoms with Gasteiger partial charge in [-0.05, 0) is 6.42 Å². The third kappa shape index (κ3) is 3.48. The Kier molecular flexibility index (Phi) is 5.65. The summed E-state index contributed by atoms with van der Waals surface area (Å²) in [6, 6.07) is 2.53. The summed E-state index contributed by atoms with van der Waals surface area (Å²) >= 11 is 12.1. The van der Waals surface area contributed by atoms with Crippen molar-refractivity contribution in [3.8, 4) is 0 Å². The van der Waals surface area contributed by atoms with Gasteiger partial charge in [-0.1, -0.05) is 30.1 Å². The molecule has 18 heavy (non-hydrogen) atoms. The van der Waals surface area contributed by atoms with Crippen LogP contribution in [0.2, 0.25) is 10.0 Å². The van der Waals surface area contributed by atoms with Gasteiger partial charge >= 0.3 is 0 Å². The molecule has 1 N–H and O–H groups in total. The fraction of sp³-hybridized carbons (Fsp3) is 0.455. The lowest BCUT2D eigenvalue weighted by Gasteiger charge is -2.25. The first-order chi connectivity index (χ1) is 8.51. The number of anilines is 1. The molecule has 0 spiro atoms. The van der Waals surface area contributed by atoms with Gasteiger partial charge in [0.2, 0.25) is 0 Å². The van der Waals surface area contributed by atoms with Crippen LogP contribution in [0.5, 0.6) is 0 Å². The van der Waals surface area contributed by atoms with E-state index in [2.05, 4.69) is 0 Å². The number of non-ortho nitro benzene ring substituents is 1. The SMILES string of the molecule is CCCN(CCO)c1c(Cl)cc([N+](=O)[O-])cc1Cl. The van der Waals surface area contributed by atoms with Crippen LogP contribution in [-0.4, -0.2) is 29.7 Å². The zero-order valence-corrected chi connectivity index (χ0v) is 11.4. The number of aliphatic hydroxyl groups is 1. The first-order valence-corrected chi connectivity index (χ1v) is 6.26. The van der Waals surface area contributed by atoms with Gasteiger partial charge in [0.15, 0.2) is 0 Å². The Balaban J connectivity index is 3.18. The predicted molar refractivity (Wildman–Crippen MR) is 72.7 cm³/mol. The third-order valence-corrected chi connectivity index (χ3v) is 2.97. The molecule has 1 aromatic carbocycles. The summed E-state index contributed by atoms with van der Waals surface area (Å²) < 4.78 is 0. The highest BCUT2D eigenvalue weighted by Gasteiger charge is 2.18. The fourth-order valence-corrected chi connectivity index (χ4v) is 2.40. The number of halogens is 2. The zero-order chi connectivity index (χ0) is 13.7. The Morgan fingerprint density at radius 3 is 2.28 bits per heavy atom. The summed E-state index contributed by atoms with van der Waals surface area (Å²) in [4.78, 5) is 11.9. The average Bonchev–Trinajstić information content (AvgIpc) is 2.28. The number of nitrogens with zero attached hydrogens (tertiary/aromatic N) is 2. The molecule has 5 nitrogen and oxygen atoms in total. The molecule has 0 unspecified atom stereocenters. The minimum Gasteiger partial charge on any atom is -0.395 e. The molecule has 1 rings (SSSR count). The van der Waals surface area contributed by atoms with Crippen LogP contribution in [-0.2, 0) is 0 Å². The van der Waals surface area contributed by atoms with Gasteiger partial charge in [-0.25, -0.2) is 0 Å². The molecule has 0 fully saturated rings. The average molecular weight is 293 g/mol. The molecule has 100 valence electrons. The summed E-state index contributed by atoms with van der Waals surface area (Å²) in [5, 5.41) is 20.1. The second kappa shape index (κ2) is 6.78. The van der Waals surface area contributed by atoms with E-state index in [1.165, 1.54) is 12.1 Å². The van der Waals surface area contributed by atoms with Gasteiger partial charge in [0.25, 0.3) is 5.69 Å². The molecule has 0 aromatic heterocycles. The van der Waals surface area contributed by atoms with Crippen LogP contribution < -0.4 is 4.90 Å². The number of benzene rings is 1. The lowest BCUT2D eigenvalue weighted by molar-refractivity contribution is -0.384. The Morgan fingerprint density at radius 1 is 1.33 bits per heavy atom. The van der Waals surface area contributed by atoms with E-state index in [4.69, 9.17) is 28.3 Å². The van der Waals surface area contributed by atoms with Gasteiger partial charge < -0.3 is 10.0 Å². The molecule has 7 heteroatoms. The molecule has 0 aliphatic rings. The number of nitro benzene ring substituents is 1. The molecule has 0 heterocycles. The minimum atomic E-state index is -0.544. The summed E-state index contributed by atoms with van der Waals surface area (Å²) in [5.74, 6) is 0. The summed E-state index contributed by atoms with van der Waals surface area (Å²) in [5.41, 5.74) is 0.383. The summed E-state index contributed by atoms with van der Waals surface area (Å²) in [7, 11) is 0. The minimum absolute atomic E-state index is 0.0381. The van der Waals surface area contributed by atoms with Gasteiger partial charge in [-0.2, -0.15) is 0 Å². The zero-order valence-electron chi connectivity index (χ0n) is 9.90. The first-order valence-electron chi connectivity index (χ1n) is 5.50. The topological polar surface area (TPSA) is 66.6 Å². The molecule has 0 saturated heterocycles. The van der Waals surface area contributed by atoms with Crippen molar-refractivity contribution in [1.82, 2.24) is 0 Å². The Hall–Kier alpha value is -1.04. The fourth-order valence-electron chi connectivity index (χ4n) is 1.69. The van der Waals surface area contributed by atoms with Gasteiger partial charge in [0, 0.05) is 25.2 Å². The van der Waals surface area contributed by atoms with E-state index in [-0.39, 0.29) is 22.3 Å². The lowest BCUT2D eigenvalue weighted by atomic mass is 10.2. The van der Waals surface area contributed by atoms with Crippen LogP contribution in [0.1, 0.15) is 13.3 Å². The summed E-state index contributed by atoms with van der Waals surface area (Å²) in [6.07, 6.45) is 0.851. The van der Waals surface area contributed by atoms with Crippen molar-refractivity contribution in [2.24, 2.45) is 0 Å². The van der Waals surface area contributed by atoms with Crippen molar-refractivity contribution in [2.75, 3.05) is 24.6 Å². The number of nitro groups is 1. The molecule has 0 bridgehead atoms. The van der Waals surface area contributed by atoms with Gasteiger partial charge in [0.05, 0.1) is 27.3 Å². The van der Waals surface area contributed by atoms with E-state index < -0.39 is 4.92 Å². The molecule has 1 aromatic rings. The quantitative estimate of drug-likeness (QED) is 0.646. The standard InChI is InChI=1S/C11H14Cl2N2O3/c1-2-3-14(4-5-16)11-9(12)6-8(15(17)18)7-10(11)13/h6-7,16H,2-5H2,1H3. The van der Waals surface area contributed by atoms with E-state index in [1.807, 2.05) is 11.8 Å². The first kappa shape index (κ1) is 15.0. The normalized spacial score (nSPS) is 10.4. The van der Waals surface area contributed by atoms with E-state index in [9.17, 15) is 10.1 Å². The monoisotopic (exact) mass is 292 g/mol. The van der Waals surface area contributed by atoms with Crippen LogP contribution >= 0.6 is 23.2 Å². The second-order valence-electron chi connectivity index (χ2n) is 3.73. The largest absolute Gasteiger partial charge is 0.395 e. The Labute approximate surface area is 115 Å². The van der Waals surface area contributed by atoms with Crippen molar-refractivity contribution in [3.63, 3.8) is 0 Å². The van der Waals surface area contributed by atoms with E-state index in [0.717, 1.165) is 6.42 Å². The van der Waals surface area contributed by atoms with Crippen molar-refractivity contribution < 1.29 is 10.0 Å². The molecular formula is C11H14Cl2N2O3. The molecule has 0 aliphatic carbocycles. The maximum Gasteiger partial charge on any atom is 0.272 e. The highest BCUT2D eigenvalue weighted by atomic mass is 35.5. The Morgan fingerprint density at radius 2 is 1.89 bits per heavy atom. The van der Waals surface area contributed by atoms with Crippen LogP contribution in [0, 0.1) is 10.1 Å². The summed E-state index contributed by atoms with van der Waals surface area (Å²) in [6.45, 7) is 2.99.